The van der Waals surface area contributed by atoms with Crippen LogP contribution in [0, 0.1) is 5.92 Å². The van der Waals surface area contributed by atoms with Crippen molar-refractivity contribution in [1.29, 1.82) is 0 Å². The minimum absolute atomic E-state index is 0.264. The Morgan fingerprint density at radius 3 is 2.12 bits per heavy atom. The molecular formula is C19H35NO4. The molecule has 1 atom stereocenters. The van der Waals surface area contributed by atoms with Crippen LogP contribution < -0.4 is 5.32 Å². The highest BCUT2D eigenvalue weighted by Crippen LogP contribution is 2.09. The van der Waals surface area contributed by atoms with E-state index in [1.807, 2.05) is 19.9 Å². The molecule has 0 aromatic carbocycles. The van der Waals surface area contributed by atoms with E-state index in [0.29, 0.717) is 13.2 Å². The van der Waals surface area contributed by atoms with E-state index in [4.69, 9.17) is 9.47 Å². The highest BCUT2D eigenvalue weighted by molar-refractivity contribution is 5.80. The Labute approximate surface area is 147 Å². The molecule has 140 valence electrons. The summed E-state index contributed by atoms with van der Waals surface area (Å²) in [6, 6.07) is -0.686. The Kier molecular flexibility index (Phi) is 14.1. The zero-order valence-corrected chi connectivity index (χ0v) is 15.6. The van der Waals surface area contributed by atoms with Crippen LogP contribution in [0.15, 0.2) is 12.7 Å². The fraction of sp³-hybridized carbons (Fsp3) is 0.789. The van der Waals surface area contributed by atoms with Crippen LogP contribution >= 0.6 is 0 Å². The van der Waals surface area contributed by atoms with Crippen LogP contribution in [0.25, 0.3) is 0 Å². The largest absolute Gasteiger partial charge is 0.464 e. The van der Waals surface area contributed by atoms with Crippen molar-refractivity contribution in [2.75, 3.05) is 13.2 Å². The predicted octanol–water partition coefficient (Wildman–Crippen LogP) is 4.61. The summed E-state index contributed by atoms with van der Waals surface area (Å²) in [7, 11) is 0. The van der Waals surface area contributed by atoms with Gasteiger partial charge in [-0.1, -0.05) is 52.0 Å². The molecule has 0 aliphatic rings. The first-order chi connectivity index (χ1) is 11.5. The number of carbonyl (C=O) groups is 2. The number of esters is 1. The summed E-state index contributed by atoms with van der Waals surface area (Å²) < 4.78 is 10.1. The number of unbranched alkanes of at least 4 members (excludes halogenated alkanes) is 7. The second-order valence-corrected chi connectivity index (χ2v) is 6.58. The van der Waals surface area contributed by atoms with Gasteiger partial charge in [-0.3, -0.25) is 0 Å². The van der Waals surface area contributed by atoms with E-state index < -0.39 is 18.1 Å². The molecule has 1 amide bonds. The molecule has 0 heterocycles. The number of alkyl carbamates (subject to hydrolysis) is 1. The van der Waals surface area contributed by atoms with E-state index in [0.717, 1.165) is 19.3 Å². The zero-order valence-electron chi connectivity index (χ0n) is 15.6. The third kappa shape index (κ3) is 14.1. The van der Waals surface area contributed by atoms with Crippen LogP contribution in [-0.2, 0) is 14.3 Å². The minimum atomic E-state index is -0.686. The lowest BCUT2D eigenvalue weighted by Gasteiger charge is -2.14. The highest BCUT2D eigenvalue weighted by Gasteiger charge is 2.17. The lowest BCUT2D eigenvalue weighted by Crippen LogP contribution is -2.40. The van der Waals surface area contributed by atoms with E-state index in [2.05, 4.69) is 11.9 Å². The molecular weight excluding hydrogens is 306 g/mol. The first-order valence-corrected chi connectivity index (χ1v) is 9.18. The van der Waals surface area contributed by atoms with E-state index in [1.165, 1.54) is 32.1 Å². The van der Waals surface area contributed by atoms with Gasteiger partial charge >= 0.3 is 12.1 Å². The van der Waals surface area contributed by atoms with Gasteiger partial charge in [0.05, 0.1) is 13.2 Å². The first kappa shape index (κ1) is 22.5. The number of hydrogen-bond donors (Lipinski definition) is 1. The maximum absolute atomic E-state index is 11.8. The van der Waals surface area contributed by atoms with Crippen LogP contribution in [0.2, 0.25) is 0 Å². The minimum Gasteiger partial charge on any atom is -0.464 e. The molecule has 0 saturated heterocycles. The van der Waals surface area contributed by atoms with Gasteiger partial charge in [-0.15, -0.1) is 6.58 Å². The SMILES string of the molecule is C=CCCCCCCCCCOC(=O)C(C)NC(=O)OCC(C)C. The van der Waals surface area contributed by atoms with Gasteiger partial charge in [-0.2, -0.15) is 0 Å². The summed E-state index contributed by atoms with van der Waals surface area (Å²) in [6.45, 7) is 9.96. The van der Waals surface area contributed by atoms with Crippen LogP contribution in [0.3, 0.4) is 0 Å². The van der Waals surface area contributed by atoms with Crippen LogP contribution in [-0.4, -0.2) is 31.3 Å². The smallest absolute Gasteiger partial charge is 0.407 e. The topological polar surface area (TPSA) is 64.6 Å². The summed E-state index contributed by atoms with van der Waals surface area (Å²) in [5.41, 5.74) is 0. The van der Waals surface area contributed by atoms with Gasteiger partial charge in [-0.25, -0.2) is 9.59 Å². The molecule has 0 aromatic rings. The maximum atomic E-state index is 11.8. The number of rotatable bonds is 14. The molecule has 0 aromatic heterocycles. The average molecular weight is 341 g/mol. The molecule has 5 nitrogen and oxygen atoms in total. The summed E-state index contributed by atoms with van der Waals surface area (Å²) in [5.74, 6) is -0.152. The maximum Gasteiger partial charge on any atom is 0.407 e. The third-order valence-electron chi connectivity index (χ3n) is 3.53. The van der Waals surface area contributed by atoms with E-state index in [1.54, 1.807) is 6.92 Å². The zero-order chi connectivity index (χ0) is 18.2. The van der Waals surface area contributed by atoms with E-state index in [9.17, 15) is 9.59 Å². The van der Waals surface area contributed by atoms with Gasteiger partial charge in [0.25, 0.3) is 0 Å². The number of nitrogens with one attached hydrogen (secondary N) is 1. The molecule has 0 radical (unpaired) electrons. The fourth-order valence-corrected chi connectivity index (χ4v) is 2.09. The lowest BCUT2D eigenvalue weighted by molar-refractivity contribution is -0.145. The van der Waals surface area contributed by atoms with Crippen molar-refractivity contribution in [3.63, 3.8) is 0 Å². The standard InChI is InChI=1S/C19H35NO4/c1-5-6-7-8-9-10-11-12-13-14-23-18(21)17(4)20-19(22)24-15-16(2)3/h5,16-17H,1,6-15H2,2-4H3,(H,20,22). The van der Waals surface area contributed by atoms with Gasteiger partial charge < -0.3 is 14.8 Å². The van der Waals surface area contributed by atoms with Crippen LogP contribution in [0.4, 0.5) is 4.79 Å². The number of ether oxygens (including phenoxy) is 2. The molecule has 1 N–H and O–H groups in total. The second kappa shape index (κ2) is 15.0. The second-order valence-electron chi connectivity index (χ2n) is 6.58. The van der Waals surface area contributed by atoms with Gasteiger partial charge in [0, 0.05) is 0 Å². The molecule has 5 heteroatoms. The average Bonchev–Trinajstić information content (AvgIpc) is 2.54. The molecule has 0 fully saturated rings. The molecule has 0 aliphatic heterocycles. The molecule has 0 aliphatic carbocycles. The monoisotopic (exact) mass is 341 g/mol. The van der Waals surface area contributed by atoms with Gasteiger partial charge in [0.1, 0.15) is 6.04 Å². The molecule has 0 saturated carbocycles. The Morgan fingerprint density at radius 2 is 1.54 bits per heavy atom. The summed E-state index contributed by atoms with van der Waals surface area (Å²) in [6.07, 6.45) is 10.6. The normalized spacial score (nSPS) is 11.8. The van der Waals surface area contributed by atoms with Crippen LogP contribution in [0.5, 0.6) is 0 Å². The van der Waals surface area contributed by atoms with E-state index >= 15 is 0 Å². The Hall–Kier alpha value is -1.52. The Morgan fingerprint density at radius 1 is 0.958 bits per heavy atom. The van der Waals surface area contributed by atoms with Crippen molar-refractivity contribution in [3.05, 3.63) is 12.7 Å². The molecule has 0 rings (SSSR count). The highest BCUT2D eigenvalue weighted by atomic mass is 16.6. The number of carbonyl (C=O) groups excluding carboxylic acids is 2. The lowest BCUT2D eigenvalue weighted by atomic mass is 10.1. The summed E-state index contributed by atoms with van der Waals surface area (Å²) >= 11 is 0. The van der Waals surface area contributed by atoms with Crippen molar-refractivity contribution in [1.82, 2.24) is 5.32 Å². The fourth-order valence-electron chi connectivity index (χ4n) is 2.09. The molecule has 0 bridgehead atoms. The summed E-state index contributed by atoms with van der Waals surface area (Å²) in [4.78, 5) is 23.2. The quantitative estimate of drug-likeness (QED) is 0.285. The van der Waals surface area contributed by atoms with Gasteiger partial charge in [-0.05, 0) is 32.1 Å². The Bertz CT molecular complexity index is 355. The van der Waals surface area contributed by atoms with E-state index in [-0.39, 0.29) is 5.92 Å². The number of amides is 1. The Balaban J connectivity index is 3.53. The number of hydrogen-bond acceptors (Lipinski definition) is 4. The predicted molar refractivity (Wildman–Crippen MR) is 96.9 cm³/mol. The van der Waals surface area contributed by atoms with Crippen molar-refractivity contribution in [2.24, 2.45) is 5.92 Å². The van der Waals surface area contributed by atoms with Crippen molar-refractivity contribution >= 4 is 12.1 Å². The molecule has 24 heavy (non-hydrogen) atoms. The first-order valence-electron chi connectivity index (χ1n) is 9.18. The van der Waals surface area contributed by atoms with Crippen molar-refractivity contribution in [2.45, 2.75) is 78.2 Å². The molecule has 1 unspecified atom stereocenters. The molecule has 0 spiro atoms. The van der Waals surface area contributed by atoms with Crippen molar-refractivity contribution < 1.29 is 19.1 Å². The third-order valence-corrected chi connectivity index (χ3v) is 3.53. The summed E-state index contributed by atoms with van der Waals surface area (Å²) in [5, 5.41) is 2.48. The van der Waals surface area contributed by atoms with Crippen molar-refractivity contribution in [3.8, 4) is 0 Å². The number of allylic oxidation sites excluding steroid dienone is 1. The van der Waals surface area contributed by atoms with Gasteiger partial charge in [0.15, 0.2) is 0 Å². The van der Waals surface area contributed by atoms with Crippen LogP contribution in [0.1, 0.15) is 72.1 Å². The van der Waals surface area contributed by atoms with Gasteiger partial charge in [0.2, 0.25) is 0 Å².